The van der Waals surface area contributed by atoms with Gasteiger partial charge in [-0.2, -0.15) is 0 Å². The SMILES string of the molecule is COc1c(Cl)cc(C(=O)NC(=S)Nc2ccccc2N2CCC(C)CC2)cc1Cl. The maximum Gasteiger partial charge on any atom is 0.257 e. The van der Waals surface area contributed by atoms with Crippen molar-refractivity contribution in [2.45, 2.75) is 19.8 Å². The van der Waals surface area contributed by atoms with Crippen LogP contribution in [-0.2, 0) is 0 Å². The standard InChI is InChI=1S/C21H23Cl2N3O2S/c1-13-7-9-26(10-8-13)18-6-4-3-5-17(18)24-21(29)25-20(27)14-11-15(22)19(28-2)16(23)12-14/h3-6,11-13H,7-10H2,1-2H3,(H2,24,25,27,29). The molecule has 0 atom stereocenters. The van der Waals surface area contributed by atoms with Crippen LogP contribution in [0.4, 0.5) is 11.4 Å². The lowest BCUT2D eigenvalue weighted by Crippen LogP contribution is -2.36. The van der Waals surface area contributed by atoms with Crippen molar-refractivity contribution in [3.05, 3.63) is 52.0 Å². The van der Waals surface area contributed by atoms with Gasteiger partial charge in [0.1, 0.15) is 0 Å². The van der Waals surface area contributed by atoms with Crippen LogP contribution >= 0.6 is 35.4 Å². The first-order valence-electron chi connectivity index (χ1n) is 9.38. The molecular formula is C21H23Cl2N3O2S. The Kier molecular flexibility index (Phi) is 7.22. The lowest BCUT2D eigenvalue weighted by atomic mass is 9.98. The number of ether oxygens (including phenoxy) is 1. The molecule has 0 radical (unpaired) electrons. The molecule has 5 nitrogen and oxygen atoms in total. The van der Waals surface area contributed by atoms with E-state index in [1.807, 2.05) is 18.2 Å². The van der Waals surface area contributed by atoms with Gasteiger partial charge in [-0.3, -0.25) is 10.1 Å². The topological polar surface area (TPSA) is 53.6 Å². The number of thiocarbonyl (C=S) groups is 1. The molecule has 154 valence electrons. The quantitative estimate of drug-likeness (QED) is 0.612. The van der Waals surface area contributed by atoms with Crippen LogP contribution in [0, 0.1) is 5.92 Å². The van der Waals surface area contributed by atoms with E-state index in [0.717, 1.165) is 43.2 Å². The van der Waals surface area contributed by atoms with Gasteiger partial charge in [0, 0.05) is 18.7 Å². The van der Waals surface area contributed by atoms with Gasteiger partial charge in [-0.1, -0.05) is 42.3 Å². The molecule has 1 saturated heterocycles. The molecule has 1 aliphatic rings. The molecule has 2 aromatic carbocycles. The molecule has 8 heteroatoms. The Bertz CT molecular complexity index is 892. The molecule has 0 aromatic heterocycles. The molecule has 29 heavy (non-hydrogen) atoms. The third-order valence-corrected chi connectivity index (χ3v) is 5.73. The highest BCUT2D eigenvalue weighted by Crippen LogP contribution is 2.34. The van der Waals surface area contributed by atoms with E-state index in [4.69, 9.17) is 40.2 Å². The first-order valence-corrected chi connectivity index (χ1v) is 10.5. The normalized spacial score (nSPS) is 14.4. The van der Waals surface area contributed by atoms with Crippen LogP contribution in [0.15, 0.2) is 36.4 Å². The van der Waals surface area contributed by atoms with Gasteiger partial charge in [0.2, 0.25) is 0 Å². The Labute approximate surface area is 186 Å². The van der Waals surface area contributed by atoms with Crippen molar-refractivity contribution in [3.8, 4) is 5.75 Å². The van der Waals surface area contributed by atoms with E-state index in [1.54, 1.807) is 0 Å². The summed E-state index contributed by atoms with van der Waals surface area (Å²) >= 11 is 17.6. The molecule has 0 bridgehead atoms. The van der Waals surface area contributed by atoms with Crippen molar-refractivity contribution in [1.82, 2.24) is 5.32 Å². The van der Waals surface area contributed by atoms with E-state index in [0.29, 0.717) is 11.3 Å². The molecule has 3 rings (SSSR count). The smallest absolute Gasteiger partial charge is 0.257 e. The molecule has 1 aliphatic heterocycles. The number of carbonyl (C=O) groups excluding carboxylic acids is 1. The Hall–Kier alpha value is -2.02. The zero-order chi connectivity index (χ0) is 21.0. The monoisotopic (exact) mass is 451 g/mol. The summed E-state index contributed by atoms with van der Waals surface area (Å²) in [6, 6.07) is 10.9. The summed E-state index contributed by atoms with van der Waals surface area (Å²) in [5, 5.41) is 6.54. The number of para-hydroxylation sites is 2. The van der Waals surface area contributed by atoms with Gasteiger partial charge in [-0.25, -0.2) is 0 Å². The predicted molar refractivity (Wildman–Crippen MR) is 124 cm³/mol. The number of nitrogens with zero attached hydrogens (tertiary/aromatic N) is 1. The number of hydrogen-bond acceptors (Lipinski definition) is 4. The van der Waals surface area contributed by atoms with E-state index in [2.05, 4.69) is 28.5 Å². The highest BCUT2D eigenvalue weighted by molar-refractivity contribution is 7.80. The van der Waals surface area contributed by atoms with E-state index >= 15 is 0 Å². The fourth-order valence-corrected chi connectivity index (χ4v) is 4.16. The Morgan fingerprint density at radius 3 is 2.41 bits per heavy atom. The minimum absolute atomic E-state index is 0.205. The van der Waals surface area contributed by atoms with E-state index in [1.165, 1.54) is 19.2 Å². The lowest BCUT2D eigenvalue weighted by Gasteiger charge is -2.33. The minimum Gasteiger partial charge on any atom is -0.494 e. The van der Waals surface area contributed by atoms with Crippen molar-refractivity contribution < 1.29 is 9.53 Å². The van der Waals surface area contributed by atoms with Crippen LogP contribution in [-0.4, -0.2) is 31.2 Å². The van der Waals surface area contributed by atoms with Gasteiger partial charge in [-0.05, 0) is 55.2 Å². The molecule has 1 heterocycles. The maximum atomic E-state index is 12.6. The number of methoxy groups -OCH3 is 1. The van der Waals surface area contributed by atoms with Gasteiger partial charge >= 0.3 is 0 Å². The van der Waals surface area contributed by atoms with Crippen LogP contribution in [0.2, 0.25) is 10.0 Å². The van der Waals surface area contributed by atoms with Gasteiger partial charge in [0.15, 0.2) is 10.9 Å². The fourth-order valence-electron chi connectivity index (χ4n) is 3.32. The van der Waals surface area contributed by atoms with E-state index in [9.17, 15) is 4.79 Å². The van der Waals surface area contributed by atoms with Gasteiger partial charge in [-0.15, -0.1) is 0 Å². The van der Waals surface area contributed by atoms with Crippen LogP contribution in [0.25, 0.3) is 0 Å². The number of nitrogens with one attached hydrogen (secondary N) is 2. The van der Waals surface area contributed by atoms with Gasteiger partial charge in [0.25, 0.3) is 5.91 Å². The van der Waals surface area contributed by atoms with Crippen LogP contribution in [0.5, 0.6) is 5.75 Å². The summed E-state index contributed by atoms with van der Waals surface area (Å²) in [5.74, 6) is 0.670. The first kappa shape index (κ1) is 21.7. The van der Waals surface area contributed by atoms with Crippen molar-refractivity contribution >= 4 is 57.8 Å². The average Bonchev–Trinajstić information content (AvgIpc) is 2.69. The van der Waals surface area contributed by atoms with Gasteiger partial charge < -0.3 is 15.0 Å². The Morgan fingerprint density at radius 2 is 1.79 bits per heavy atom. The first-order chi connectivity index (χ1) is 13.9. The highest BCUT2D eigenvalue weighted by atomic mass is 35.5. The molecule has 0 saturated carbocycles. The summed E-state index contributed by atoms with van der Waals surface area (Å²) < 4.78 is 5.11. The highest BCUT2D eigenvalue weighted by Gasteiger charge is 2.19. The minimum atomic E-state index is -0.404. The number of piperidine rings is 1. The molecule has 1 amide bonds. The molecule has 2 aromatic rings. The third kappa shape index (κ3) is 5.32. The molecule has 2 N–H and O–H groups in total. The number of hydrogen-bond donors (Lipinski definition) is 2. The van der Waals surface area contributed by atoms with Crippen LogP contribution in [0.3, 0.4) is 0 Å². The number of rotatable bonds is 4. The van der Waals surface area contributed by atoms with Crippen LogP contribution in [0.1, 0.15) is 30.1 Å². The number of benzene rings is 2. The number of carbonyl (C=O) groups is 1. The Balaban J connectivity index is 1.69. The molecule has 0 spiro atoms. The average molecular weight is 452 g/mol. The summed E-state index contributed by atoms with van der Waals surface area (Å²) in [7, 11) is 1.46. The molecule has 0 aliphatic carbocycles. The van der Waals surface area contributed by atoms with Crippen molar-refractivity contribution in [3.63, 3.8) is 0 Å². The van der Waals surface area contributed by atoms with Crippen molar-refractivity contribution in [1.29, 1.82) is 0 Å². The molecular weight excluding hydrogens is 429 g/mol. The number of anilines is 2. The molecule has 1 fully saturated rings. The summed E-state index contributed by atoms with van der Waals surface area (Å²) in [4.78, 5) is 14.9. The van der Waals surface area contributed by atoms with Crippen LogP contribution < -0.4 is 20.3 Å². The third-order valence-electron chi connectivity index (χ3n) is 4.97. The van der Waals surface area contributed by atoms with Crippen molar-refractivity contribution in [2.75, 3.05) is 30.4 Å². The zero-order valence-electron chi connectivity index (χ0n) is 16.3. The number of amides is 1. The Morgan fingerprint density at radius 1 is 1.17 bits per heavy atom. The largest absolute Gasteiger partial charge is 0.494 e. The second-order valence-electron chi connectivity index (χ2n) is 7.07. The maximum absolute atomic E-state index is 12.6. The molecule has 0 unspecified atom stereocenters. The van der Waals surface area contributed by atoms with E-state index in [-0.39, 0.29) is 15.2 Å². The second-order valence-corrected chi connectivity index (χ2v) is 8.29. The summed E-state index contributed by atoms with van der Waals surface area (Å²) in [6.45, 7) is 4.29. The number of halogens is 2. The summed E-state index contributed by atoms with van der Waals surface area (Å²) in [6.07, 6.45) is 2.32. The van der Waals surface area contributed by atoms with Gasteiger partial charge in [0.05, 0.1) is 28.5 Å². The fraction of sp³-hybridized carbons (Fsp3) is 0.333. The second kappa shape index (κ2) is 9.65. The van der Waals surface area contributed by atoms with Crippen molar-refractivity contribution in [2.24, 2.45) is 5.92 Å². The summed E-state index contributed by atoms with van der Waals surface area (Å²) in [5.41, 5.74) is 2.23. The predicted octanol–water partition coefficient (Wildman–Crippen LogP) is 5.37. The lowest BCUT2D eigenvalue weighted by molar-refractivity contribution is 0.0977. The van der Waals surface area contributed by atoms with E-state index < -0.39 is 5.91 Å². The zero-order valence-corrected chi connectivity index (χ0v) is 18.6.